The summed E-state index contributed by atoms with van der Waals surface area (Å²) >= 11 is 0. The maximum absolute atomic E-state index is 11.6. The van der Waals surface area contributed by atoms with Crippen LogP contribution in [0.5, 0.6) is 0 Å². The van der Waals surface area contributed by atoms with E-state index in [1.54, 1.807) is 6.07 Å². The fourth-order valence-corrected chi connectivity index (χ4v) is 1.86. The maximum Gasteiger partial charge on any atom is 0.295 e. The highest BCUT2D eigenvalue weighted by atomic mass is 16.6. The Morgan fingerprint density at radius 2 is 2.24 bits per heavy atom. The lowest BCUT2D eigenvalue weighted by Crippen LogP contribution is -2.10. The zero-order valence-electron chi connectivity index (χ0n) is 8.45. The Morgan fingerprint density at radius 1 is 1.41 bits per heavy atom. The molecule has 2 aromatic heterocycles. The van der Waals surface area contributed by atoms with Gasteiger partial charge in [-0.05, 0) is 6.07 Å². The number of nitro groups is 1. The van der Waals surface area contributed by atoms with E-state index in [4.69, 9.17) is 0 Å². The van der Waals surface area contributed by atoms with E-state index < -0.39 is 4.92 Å². The summed E-state index contributed by atoms with van der Waals surface area (Å²) in [6.07, 6.45) is 2.76. The summed E-state index contributed by atoms with van der Waals surface area (Å²) < 4.78 is 1.42. The standard InChI is InChI=1S/C10H6N4O3/c15-10-8-4-11-5-13(8)9-6(12-10)2-1-3-7(9)14(16)17/h1-5H,(H,12,15). The number of benzene rings is 1. The number of imidazole rings is 1. The van der Waals surface area contributed by atoms with Crippen molar-refractivity contribution < 1.29 is 4.92 Å². The van der Waals surface area contributed by atoms with Crippen LogP contribution < -0.4 is 5.56 Å². The molecule has 0 saturated heterocycles. The van der Waals surface area contributed by atoms with Crippen molar-refractivity contribution >= 4 is 22.2 Å². The first-order chi connectivity index (χ1) is 8.18. The molecule has 0 amide bonds. The highest BCUT2D eigenvalue weighted by Crippen LogP contribution is 2.23. The summed E-state index contributed by atoms with van der Waals surface area (Å²) in [4.78, 5) is 28.5. The number of aromatic nitrogens is 3. The molecule has 0 radical (unpaired) electrons. The van der Waals surface area contributed by atoms with Crippen molar-refractivity contribution in [2.24, 2.45) is 0 Å². The topological polar surface area (TPSA) is 93.3 Å². The summed E-state index contributed by atoms with van der Waals surface area (Å²) in [6, 6.07) is 4.53. The van der Waals surface area contributed by atoms with Crippen molar-refractivity contribution in [1.82, 2.24) is 14.4 Å². The summed E-state index contributed by atoms with van der Waals surface area (Å²) in [6.45, 7) is 0. The Bertz CT molecular complexity index is 802. The zero-order chi connectivity index (χ0) is 12.0. The molecule has 0 spiro atoms. The van der Waals surface area contributed by atoms with Crippen LogP contribution in [0.2, 0.25) is 0 Å². The van der Waals surface area contributed by atoms with E-state index in [2.05, 4.69) is 9.97 Å². The molecule has 0 saturated carbocycles. The third-order valence-corrected chi connectivity index (χ3v) is 2.57. The van der Waals surface area contributed by atoms with E-state index in [0.29, 0.717) is 11.0 Å². The quantitative estimate of drug-likeness (QED) is 0.500. The van der Waals surface area contributed by atoms with Gasteiger partial charge in [-0.3, -0.25) is 19.3 Å². The first-order valence-electron chi connectivity index (χ1n) is 4.80. The van der Waals surface area contributed by atoms with Gasteiger partial charge in [0.1, 0.15) is 17.4 Å². The monoisotopic (exact) mass is 230 g/mol. The van der Waals surface area contributed by atoms with E-state index >= 15 is 0 Å². The van der Waals surface area contributed by atoms with E-state index in [1.807, 2.05) is 0 Å². The van der Waals surface area contributed by atoms with Crippen molar-refractivity contribution in [2.45, 2.75) is 0 Å². The third kappa shape index (κ3) is 1.22. The number of nitro benzene ring substituents is 1. The van der Waals surface area contributed by atoms with Gasteiger partial charge >= 0.3 is 0 Å². The van der Waals surface area contributed by atoms with Crippen LogP contribution in [0.4, 0.5) is 5.69 Å². The van der Waals surface area contributed by atoms with Gasteiger partial charge in [0, 0.05) is 6.07 Å². The van der Waals surface area contributed by atoms with Crippen molar-refractivity contribution in [3.63, 3.8) is 0 Å². The predicted octanol–water partition coefficient (Wildman–Crippen LogP) is 1.08. The molecule has 0 atom stereocenters. The first kappa shape index (κ1) is 9.52. The Kier molecular flexibility index (Phi) is 1.76. The van der Waals surface area contributed by atoms with Crippen LogP contribution in [0.15, 0.2) is 35.5 Å². The van der Waals surface area contributed by atoms with E-state index in [1.165, 1.54) is 29.1 Å². The minimum Gasteiger partial charge on any atom is -0.319 e. The van der Waals surface area contributed by atoms with Crippen LogP contribution in [0.1, 0.15) is 0 Å². The van der Waals surface area contributed by atoms with Crippen molar-refractivity contribution in [3.05, 3.63) is 51.2 Å². The summed E-state index contributed by atoms with van der Waals surface area (Å²) in [7, 11) is 0. The van der Waals surface area contributed by atoms with Gasteiger partial charge in [0.05, 0.1) is 16.6 Å². The van der Waals surface area contributed by atoms with E-state index in [9.17, 15) is 14.9 Å². The van der Waals surface area contributed by atoms with Gasteiger partial charge in [-0.1, -0.05) is 6.07 Å². The van der Waals surface area contributed by atoms with Crippen LogP contribution >= 0.6 is 0 Å². The molecule has 7 nitrogen and oxygen atoms in total. The lowest BCUT2D eigenvalue weighted by molar-refractivity contribution is -0.383. The molecule has 0 aliphatic carbocycles. The fraction of sp³-hybridized carbons (Fsp3) is 0. The van der Waals surface area contributed by atoms with Crippen LogP contribution in [0.25, 0.3) is 16.6 Å². The smallest absolute Gasteiger partial charge is 0.295 e. The molecule has 1 N–H and O–H groups in total. The molecule has 17 heavy (non-hydrogen) atoms. The van der Waals surface area contributed by atoms with Gasteiger partial charge in [0.15, 0.2) is 0 Å². The third-order valence-electron chi connectivity index (χ3n) is 2.57. The Labute approximate surface area is 93.5 Å². The van der Waals surface area contributed by atoms with Gasteiger partial charge in [0.25, 0.3) is 11.2 Å². The van der Waals surface area contributed by atoms with Gasteiger partial charge < -0.3 is 4.98 Å². The van der Waals surface area contributed by atoms with E-state index in [0.717, 1.165) is 0 Å². The Balaban J connectivity index is 2.66. The predicted molar refractivity (Wildman–Crippen MR) is 60.0 cm³/mol. The number of fused-ring (bicyclic) bond motifs is 3. The van der Waals surface area contributed by atoms with Gasteiger partial charge in [-0.2, -0.15) is 0 Å². The van der Waals surface area contributed by atoms with Crippen molar-refractivity contribution in [2.75, 3.05) is 0 Å². The minimum absolute atomic E-state index is 0.0678. The molecule has 1 aromatic carbocycles. The van der Waals surface area contributed by atoms with E-state index in [-0.39, 0.29) is 16.8 Å². The molecule has 3 rings (SSSR count). The molecular weight excluding hydrogens is 224 g/mol. The zero-order valence-corrected chi connectivity index (χ0v) is 8.45. The average Bonchev–Trinajstić information content (AvgIpc) is 2.77. The largest absolute Gasteiger partial charge is 0.319 e. The van der Waals surface area contributed by atoms with Crippen molar-refractivity contribution in [1.29, 1.82) is 0 Å². The second kappa shape index (κ2) is 3.14. The number of hydrogen-bond acceptors (Lipinski definition) is 4. The lowest BCUT2D eigenvalue weighted by Gasteiger charge is -2.02. The molecule has 0 fully saturated rings. The second-order valence-electron chi connectivity index (χ2n) is 3.53. The minimum atomic E-state index is -0.486. The van der Waals surface area contributed by atoms with Crippen LogP contribution in [-0.2, 0) is 0 Å². The van der Waals surface area contributed by atoms with Crippen LogP contribution in [-0.4, -0.2) is 19.3 Å². The van der Waals surface area contributed by atoms with Crippen LogP contribution in [0.3, 0.4) is 0 Å². The number of hydrogen-bond donors (Lipinski definition) is 1. The number of rotatable bonds is 1. The molecule has 0 bridgehead atoms. The molecule has 0 aliphatic heterocycles. The van der Waals surface area contributed by atoms with Gasteiger partial charge in [-0.15, -0.1) is 0 Å². The first-order valence-corrected chi connectivity index (χ1v) is 4.80. The number of nitrogens with zero attached hydrogens (tertiary/aromatic N) is 3. The molecule has 3 aromatic rings. The SMILES string of the molecule is O=c1[nH]c2cccc([N+](=O)[O-])c2n2cncc12. The number of non-ortho nitro benzene ring substituents is 1. The molecule has 84 valence electrons. The number of aromatic amines is 1. The van der Waals surface area contributed by atoms with Crippen molar-refractivity contribution in [3.8, 4) is 0 Å². The van der Waals surface area contributed by atoms with Gasteiger partial charge in [-0.25, -0.2) is 4.98 Å². The summed E-state index contributed by atoms with van der Waals surface area (Å²) in [5, 5.41) is 10.9. The molecule has 0 aliphatic rings. The average molecular weight is 230 g/mol. The Hall–Kier alpha value is -2.70. The normalized spacial score (nSPS) is 11.1. The van der Waals surface area contributed by atoms with Gasteiger partial charge in [0.2, 0.25) is 0 Å². The summed E-state index contributed by atoms with van der Waals surface area (Å²) in [5.41, 5.74) is 0.642. The second-order valence-corrected chi connectivity index (χ2v) is 3.53. The molecule has 2 heterocycles. The highest BCUT2D eigenvalue weighted by molar-refractivity contribution is 5.86. The molecule has 7 heteroatoms. The number of para-hydroxylation sites is 1. The lowest BCUT2D eigenvalue weighted by atomic mass is 10.2. The molecular formula is C10H6N4O3. The number of H-pyrrole nitrogens is 1. The fourth-order valence-electron chi connectivity index (χ4n) is 1.86. The molecule has 0 unspecified atom stereocenters. The maximum atomic E-state index is 11.6. The Morgan fingerprint density at radius 3 is 3.00 bits per heavy atom. The highest BCUT2D eigenvalue weighted by Gasteiger charge is 2.16. The number of nitrogens with one attached hydrogen (secondary N) is 1. The van der Waals surface area contributed by atoms with Crippen LogP contribution in [0, 0.1) is 10.1 Å². The summed E-state index contributed by atoms with van der Waals surface area (Å²) in [5.74, 6) is 0.